The zero-order chi connectivity index (χ0) is 10.7. The van der Waals surface area contributed by atoms with Crippen LogP contribution in [0.15, 0.2) is 0 Å². The summed E-state index contributed by atoms with van der Waals surface area (Å²) in [6.07, 6.45) is 3.01. The molecule has 2 rings (SSSR count). The van der Waals surface area contributed by atoms with Crippen LogP contribution in [0.3, 0.4) is 0 Å². The fraction of sp³-hybridized carbons (Fsp3) is 0.909. The Morgan fingerprint density at radius 2 is 2.33 bits per heavy atom. The van der Waals surface area contributed by atoms with Crippen molar-refractivity contribution in [3.8, 4) is 0 Å². The van der Waals surface area contributed by atoms with Crippen LogP contribution in [0.25, 0.3) is 0 Å². The van der Waals surface area contributed by atoms with Gasteiger partial charge in [-0.3, -0.25) is 4.79 Å². The number of rotatable bonds is 4. The minimum absolute atomic E-state index is 0.226. The summed E-state index contributed by atoms with van der Waals surface area (Å²) in [5.41, 5.74) is 0. The van der Waals surface area contributed by atoms with Gasteiger partial charge in [-0.2, -0.15) is 0 Å². The molecule has 1 aliphatic carbocycles. The highest BCUT2D eigenvalue weighted by atomic mass is 16.1. The molecule has 0 aromatic carbocycles. The minimum Gasteiger partial charge on any atom is -0.353 e. The summed E-state index contributed by atoms with van der Waals surface area (Å²) in [7, 11) is 0. The molecule has 0 aromatic heterocycles. The number of piperazine rings is 1. The van der Waals surface area contributed by atoms with Crippen molar-refractivity contribution in [1.82, 2.24) is 15.5 Å². The number of carbonyl (C=O) groups is 1. The summed E-state index contributed by atoms with van der Waals surface area (Å²) in [5, 5.41) is 6.42. The van der Waals surface area contributed by atoms with Crippen LogP contribution in [0.5, 0.6) is 0 Å². The maximum absolute atomic E-state index is 11.5. The molecule has 0 bridgehead atoms. The molecule has 2 N–H and O–H groups in total. The van der Waals surface area contributed by atoms with E-state index < -0.39 is 0 Å². The highest BCUT2D eigenvalue weighted by Gasteiger charge is 2.23. The van der Waals surface area contributed by atoms with Crippen molar-refractivity contribution in [2.75, 3.05) is 26.2 Å². The Bertz CT molecular complexity index is 228. The molecular weight excluding hydrogens is 190 g/mol. The van der Waals surface area contributed by atoms with Crippen molar-refractivity contribution in [1.29, 1.82) is 0 Å². The van der Waals surface area contributed by atoms with Gasteiger partial charge >= 0.3 is 0 Å². The Labute approximate surface area is 91.4 Å². The van der Waals surface area contributed by atoms with Gasteiger partial charge in [0, 0.05) is 44.7 Å². The van der Waals surface area contributed by atoms with Crippen LogP contribution in [-0.2, 0) is 4.79 Å². The molecule has 1 atom stereocenters. The zero-order valence-electron chi connectivity index (χ0n) is 9.46. The minimum atomic E-state index is 0.226. The number of hydrogen-bond acceptors (Lipinski definition) is 3. The summed E-state index contributed by atoms with van der Waals surface area (Å²) in [4.78, 5) is 13.8. The van der Waals surface area contributed by atoms with Gasteiger partial charge in [-0.25, -0.2) is 0 Å². The van der Waals surface area contributed by atoms with Gasteiger partial charge in [-0.05, 0) is 19.8 Å². The van der Waals surface area contributed by atoms with Crippen LogP contribution in [-0.4, -0.2) is 49.1 Å². The molecule has 1 amide bonds. The molecule has 0 aromatic rings. The summed E-state index contributed by atoms with van der Waals surface area (Å²) in [6, 6.07) is 1.06. The number of amides is 1. The van der Waals surface area contributed by atoms with Crippen LogP contribution < -0.4 is 10.6 Å². The van der Waals surface area contributed by atoms with Crippen molar-refractivity contribution in [3.63, 3.8) is 0 Å². The Hall–Kier alpha value is -0.610. The summed E-state index contributed by atoms with van der Waals surface area (Å²) in [6.45, 7) is 6.28. The van der Waals surface area contributed by atoms with E-state index in [1.807, 2.05) is 0 Å². The fourth-order valence-electron chi connectivity index (χ4n) is 2.00. The molecule has 0 unspecified atom stereocenters. The smallest absolute Gasteiger partial charge is 0.221 e. The van der Waals surface area contributed by atoms with Crippen molar-refractivity contribution in [2.45, 2.75) is 38.3 Å². The second-order valence-corrected chi connectivity index (χ2v) is 4.75. The molecule has 1 heterocycles. The SMILES string of the molecule is C[C@@H]1CN(CCC(=O)NC2CC2)CCN1. The number of hydrogen-bond donors (Lipinski definition) is 2. The van der Waals surface area contributed by atoms with E-state index >= 15 is 0 Å². The summed E-state index contributed by atoms with van der Waals surface area (Å²) >= 11 is 0. The van der Waals surface area contributed by atoms with Gasteiger partial charge < -0.3 is 15.5 Å². The van der Waals surface area contributed by atoms with Gasteiger partial charge in [0.05, 0.1) is 0 Å². The van der Waals surface area contributed by atoms with Crippen LogP contribution in [0, 0.1) is 0 Å². The quantitative estimate of drug-likeness (QED) is 0.685. The highest BCUT2D eigenvalue weighted by molar-refractivity contribution is 5.76. The van der Waals surface area contributed by atoms with E-state index in [1.54, 1.807) is 0 Å². The topological polar surface area (TPSA) is 44.4 Å². The standard InChI is InChI=1S/C11H21N3O/c1-9-8-14(7-5-12-9)6-4-11(15)13-10-2-3-10/h9-10,12H,2-8H2,1H3,(H,13,15)/t9-/m1/s1. The van der Waals surface area contributed by atoms with Crippen LogP contribution >= 0.6 is 0 Å². The second kappa shape index (κ2) is 4.94. The van der Waals surface area contributed by atoms with E-state index in [9.17, 15) is 4.79 Å². The van der Waals surface area contributed by atoms with Gasteiger partial charge in [0.2, 0.25) is 5.91 Å². The molecule has 15 heavy (non-hydrogen) atoms. The molecule has 0 spiro atoms. The largest absolute Gasteiger partial charge is 0.353 e. The highest BCUT2D eigenvalue weighted by Crippen LogP contribution is 2.18. The molecule has 2 aliphatic rings. The number of nitrogens with zero attached hydrogens (tertiary/aromatic N) is 1. The first kappa shape index (κ1) is 10.9. The monoisotopic (exact) mass is 211 g/mol. The first-order valence-corrected chi connectivity index (χ1v) is 5.99. The van der Waals surface area contributed by atoms with Crippen molar-refractivity contribution in [3.05, 3.63) is 0 Å². The predicted octanol–water partition coefficient (Wildman–Crippen LogP) is -0.0512. The van der Waals surface area contributed by atoms with E-state index in [4.69, 9.17) is 0 Å². The Balaban J connectivity index is 1.61. The Morgan fingerprint density at radius 3 is 3.00 bits per heavy atom. The summed E-state index contributed by atoms with van der Waals surface area (Å²) in [5.74, 6) is 0.226. The van der Waals surface area contributed by atoms with Crippen LogP contribution in [0.2, 0.25) is 0 Å². The number of carbonyl (C=O) groups excluding carboxylic acids is 1. The molecule has 86 valence electrons. The third-order valence-electron chi connectivity index (χ3n) is 3.05. The normalized spacial score (nSPS) is 27.7. The third kappa shape index (κ3) is 3.80. The van der Waals surface area contributed by atoms with Gasteiger partial charge in [0.15, 0.2) is 0 Å². The first-order valence-electron chi connectivity index (χ1n) is 5.99. The average molecular weight is 211 g/mol. The van der Waals surface area contributed by atoms with Crippen molar-refractivity contribution in [2.24, 2.45) is 0 Å². The van der Waals surface area contributed by atoms with E-state index in [0.29, 0.717) is 18.5 Å². The van der Waals surface area contributed by atoms with Crippen molar-refractivity contribution >= 4 is 5.91 Å². The van der Waals surface area contributed by atoms with E-state index in [0.717, 1.165) is 26.2 Å². The van der Waals surface area contributed by atoms with E-state index in [-0.39, 0.29) is 5.91 Å². The Kier molecular flexibility index (Phi) is 3.59. The molecule has 1 aliphatic heterocycles. The maximum atomic E-state index is 11.5. The lowest BCUT2D eigenvalue weighted by Crippen LogP contribution is -2.49. The van der Waals surface area contributed by atoms with E-state index in [2.05, 4.69) is 22.5 Å². The molecule has 4 heteroatoms. The van der Waals surface area contributed by atoms with Crippen LogP contribution in [0.4, 0.5) is 0 Å². The predicted molar refractivity (Wildman–Crippen MR) is 59.7 cm³/mol. The molecule has 4 nitrogen and oxygen atoms in total. The zero-order valence-corrected chi connectivity index (χ0v) is 9.46. The van der Waals surface area contributed by atoms with Gasteiger partial charge in [-0.15, -0.1) is 0 Å². The lowest BCUT2D eigenvalue weighted by atomic mass is 10.2. The van der Waals surface area contributed by atoms with Crippen LogP contribution in [0.1, 0.15) is 26.2 Å². The molecule has 0 radical (unpaired) electrons. The fourth-order valence-corrected chi connectivity index (χ4v) is 2.00. The van der Waals surface area contributed by atoms with Gasteiger partial charge in [0.25, 0.3) is 0 Å². The average Bonchev–Trinajstić information content (AvgIpc) is 2.99. The molecular formula is C11H21N3O. The first-order chi connectivity index (χ1) is 7.24. The van der Waals surface area contributed by atoms with Crippen molar-refractivity contribution < 1.29 is 4.79 Å². The lowest BCUT2D eigenvalue weighted by molar-refractivity contribution is -0.121. The van der Waals surface area contributed by atoms with E-state index in [1.165, 1.54) is 12.8 Å². The second-order valence-electron chi connectivity index (χ2n) is 4.75. The van der Waals surface area contributed by atoms with Gasteiger partial charge in [0.1, 0.15) is 0 Å². The van der Waals surface area contributed by atoms with Gasteiger partial charge in [-0.1, -0.05) is 0 Å². The summed E-state index contributed by atoms with van der Waals surface area (Å²) < 4.78 is 0. The maximum Gasteiger partial charge on any atom is 0.221 e. The molecule has 1 saturated heterocycles. The Morgan fingerprint density at radius 1 is 1.53 bits per heavy atom. The molecule has 2 fully saturated rings. The molecule has 1 saturated carbocycles. The lowest BCUT2D eigenvalue weighted by Gasteiger charge is -2.31. The third-order valence-corrected chi connectivity index (χ3v) is 3.05. The number of nitrogens with one attached hydrogen (secondary N) is 2.